The Morgan fingerprint density at radius 2 is 2.27 bits per heavy atom. The van der Waals surface area contributed by atoms with Gasteiger partial charge < -0.3 is 14.6 Å². The van der Waals surface area contributed by atoms with E-state index in [4.69, 9.17) is 4.52 Å². The zero-order valence-electron chi connectivity index (χ0n) is 12.2. The Kier molecular flexibility index (Phi) is 6.08. The summed E-state index contributed by atoms with van der Waals surface area (Å²) in [6, 6.07) is 1.91. The lowest BCUT2D eigenvalue weighted by molar-refractivity contribution is -0.140. The highest BCUT2D eigenvalue weighted by Crippen LogP contribution is 2.18. The van der Waals surface area contributed by atoms with Crippen LogP contribution < -0.4 is 5.32 Å². The fraction of sp³-hybridized carbons (Fsp3) is 0.429. The summed E-state index contributed by atoms with van der Waals surface area (Å²) in [7, 11) is 1.34. The van der Waals surface area contributed by atoms with Crippen molar-refractivity contribution in [2.75, 3.05) is 13.7 Å². The van der Waals surface area contributed by atoms with Gasteiger partial charge in [-0.15, -0.1) is 0 Å². The van der Waals surface area contributed by atoms with Crippen molar-refractivity contribution in [1.29, 1.82) is 0 Å². The maximum atomic E-state index is 11.7. The molecule has 0 aliphatic carbocycles. The minimum absolute atomic E-state index is 0.111. The van der Waals surface area contributed by atoms with Gasteiger partial charge in [0.1, 0.15) is 0 Å². The summed E-state index contributed by atoms with van der Waals surface area (Å²) in [6.45, 7) is 0.442. The molecule has 22 heavy (non-hydrogen) atoms. The van der Waals surface area contributed by atoms with Gasteiger partial charge in [0.05, 0.1) is 7.11 Å². The van der Waals surface area contributed by atoms with Gasteiger partial charge >= 0.3 is 5.97 Å². The maximum Gasteiger partial charge on any atom is 0.305 e. The van der Waals surface area contributed by atoms with Gasteiger partial charge in [0.25, 0.3) is 0 Å². The lowest BCUT2D eigenvalue weighted by Crippen LogP contribution is -2.25. The second-order valence-electron chi connectivity index (χ2n) is 4.55. The second kappa shape index (κ2) is 8.28. The highest BCUT2D eigenvalue weighted by atomic mass is 32.1. The van der Waals surface area contributed by atoms with Gasteiger partial charge in [0, 0.05) is 36.8 Å². The van der Waals surface area contributed by atoms with E-state index in [0.29, 0.717) is 37.5 Å². The number of carbonyl (C=O) groups is 2. The topological polar surface area (TPSA) is 94.3 Å². The molecule has 0 fully saturated rings. The zero-order valence-corrected chi connectivity index (χ0v) is 13.0. The Bertz CT molecular complexity index is 609. The van der Waals surface area contributed by atoms with E-state index in [-0.39, 0.29) is 18.3 Å². The predicted molar refractivity (Wildman–Crippen MR) is 80.2 cm³/mol. The Hall–Kier alpha value is -2.22. The van der Waals surface area contributed by atoms with E-state index >= 15 is 0 Å². The van der Waals surface area contributed by atoms with E-state index in [9.17, 15) is 9.59 Å². The molecule has 0 spiro atoms. The van der Waals surface area contributed by atoms with Crippen LogP contribution in [0.5, 0.6) is 0 Å². The average Bonchev–Trinajstić information content (AvgIpc) is 3.19. The summed E-state index contributed by atoms with van der Waals surface area (Å²) in [4.78, 5) is 26.8. The van der Waals surface area contributed by atoms with Gasteiger partial charge in [-0.2, -0.15) is 16.3 Å². The summed E-state index contributed by atoms with van der Waals surface area (Å²) >= 11 is 1.56. The van der Waals surface area contributed by atoms with Gasteiger partial charge in [0.2, 0.25) is 17.6 Å². The summed E-state index contributed by atoms with van der Waals surface area (Å²) in [5.74, 6) is 0.585. The molecular weight excluding hydrogens is 306 g/mol. The quantitative estimate of drug-likeness (QED) is 0.588. The molecule has 0 bridgehead atoms. The van der Waals surface area contributed by atoms with Crippen LogP contribution in [0.4, 0.5) is 0 Å². The number of thiophene rings is 1. The van der Waals surface area contributed by atoms with E-state index in [1.807, 2.05) is 16.8 Å². The van der Waals surface area contributed by atoms with Gasteiger partial charge in [-0.25, -0.2) is 0 Å². The molecular formula is C14H17N3O4S. The van der Waals surface area contributed by atoms with Crippen LogP contribution in [-0.2, 0) is 20.7 Å². The third kappa shape index (κ3) is 4.96. The van der Waals surface area contributed by atoms with E-state index in [1.165, 1.54) is 7.11 Å². The van der Waals surface area contributed by atoms with Crippen LogP contribution in [0.25, 0.3) is 11.4 Å². The molecule has 0 aromatic carbocycles. The van der Waals surface area contributed by atoms with Gasteiger partial charge in [-0.3, -0.25) is 9.59 Å². The molecule has 0 saturated heterocycles. The molecule has 7 nitrogen and oxygen atoms in total. The molecule has 0 saturated carbocycles. The molecule has 1 amide bonds. The molecule has 0 atom stereocenters. The Morgan fingerprint density at radius 1 is 1.41 bits per heavy atom. The summed E-state index contributed by atoms with van der Waals surface area (Å²) in [5.41, 5.74) is 0.910. The first-order valence-corrected chi connectivity index (χ1v) is 7.82. The van der Waals surface area contributed by atoms with Crippen LogP contribution >= 0.6 is 11.3 Å². The predicted octanol–water partition coefficient (Wildman–Crippen LogP) is 1.80. The number of rotatable bonds is 8. The molecule has 0 aliphatic rings. The van der Waals surface area contributed by atoms with Crippen LogP contribution in [0.1, 0.15) is 25.2 Å². The van der Waals surface area contributed by atoms with Gasteiger partial charge in [-0.1, -0.05) is 5.16 Å². The number of aromatic nitrogens is 2. The Labute approximate surface area is 131 Å². The smallest absolute Gasteiger partial charge is 0.305 e. The highest BCUT2D eigenvalue weighted by molar-refractivity contribution is 7.08. The molecule has 2 aromatic rings. The first-order chi connectivity index (χ1) is 10.7. The molecule has 0 unspecified atom stereocenters. The van der Waals surface area contributed by atoms with Crippen molar-refractivity contribution in [3.8, 4) is 11.4 Å². The number of methoxy groups -OCH3 is 1. The van der Waals surface area contributed by atoms with E-state index in [2.05, 4.69) is 20.2 Å². The Morgan fingerprint density at radius 3 is 3.00 bits per heavy atom. The van der Waals surface area contributed by atoms with E-state index in [1.54, 1.807) is 11.3 Å². The molecule has 2 heterocycles. The third-order valence-electron chi connectivity index (χ3n) is 2.92. The van der Waals surface area contributed by atoms with Crippen LogP contribution in [0.15, 0.2) is 21.3 Å². The first kappa shape index (κ1) is 16.2. The fourth-order valence-electron chi connectivity index (χ4n) is 1.74. The normalized spacial score (nSPS) is 10.4. The highest BCUT2D eigenvalue weighted by Gasteiger charge is 2.10. The fourth-order valence-corrected chi connectivity index (χ4v) is 2.37. The van der Waals surface area contributed by atoms with Crippen molar-refractivity contribution in [1.82, 2.24) is 15.5 Å². The molecule has 2 rings (SSSR count). The summed E-state index contributed by atoms with van der Waals surface area (Å²) in [6.07, 6.45) is 1.51. The number of hydrogen-bond donors (Lipinski definition) is 1. The molecule has 8 heteroatoms. The number of nitrogens with one attached hydrogen (secondary N) is 1. The van der Waals surface area contributed by atoms with Crippen molar-refractivity contribution < 1.29 is 18.8 Å². The molecule has 2 aromatic heterocycles. The van der Waals surface area contributed by atoms with Crippen molar-refractivity contribution in [3.05, 3.63) is 22.7 Å². The number of ether oxygens (including phenoxy) is 1. The average molecular weight is 323 g/mol. The maximum absolute atomic E-state index is 11.7. The molecule has 118 valence electrons. The standard InChI is InChI=1S/C14H17N3O4S/c1-20-13(19)3-2-7-15-11(18)4-5-12-16-14(17-21-12)10-6-8-22-9-10/h6,8-9H,2-5,7H2,1H3,(H,15,18). The van der Waals surface area contributed by atoms with E-state index < -0.39 is 0 Å². The van der Waals surface area contributed by atoms with Crippen LogP contribution in [0.2, 0.25) is 0 Å². The van der Waals surface area contributed by atoms with Crippen LogP contribution in [-0.4, -0.2) is 35.7 Å². The third-order valence-corrected chi connectivity index (χ3v) is 3.60. The monoisotopic (exact) mass is 323 g/mol. The van der Waals surface area contributed by atoms with Gasteiger partial charge in [-0.05, 0) is 17.9 Å². The molecule has 1 N–H and O–H groups in total. The van der Waals surface area contributed by atoms with Crippen molar-refractivity contribution >= 4 is 23.2 Å². The van der Waals surface area contributed by atoms with E-state index in [0.717, 1.165) is 5.56 Å². The lowest BCUT2D eigenvalue weighted by atomic mass is 10.2. The summed E-state index contributed by atoms with van der Waals surface area (Å²) in [5, 5.41) is 10.5. The lowest BCUT2D eigenvalue weighted by Gasteiger charge is -2.03. The minimum atomic E-state index is -0.277. The number of hydrogen-bond acceptors (Lipinski definition) is 7. The molecule has 0 radical (unpaired) electrons. The van der Waals surface area contributed by atoms with Crippen LogP contribution in [0.3, 0.4) is 0 Å². The minimum Gasteiger partial charge on any atom is -0.469 e. The van der Waals surface area contributed by atoms with Crippen LogP contribution in [0, 0.1) is 0 Å². The second-order valence-corrected chi connectivity index (χ2v) is 5.33. The van der Waals surface area contributed by atoms with Crippen molar-refractivity contribution in [3.63, 3.8) is 0 Å². The largest absolute Gasteiger partial charge is 0.469 e. The zero-order chi connectivity index (χ0) is 15.8. The Balaban J connectivity index is 1.67. The molecule has 0 aliphatic heterocycles. The first-order valence-electron chi connectivity index (χ1n) is 6.87. The number of aryl methyl sites for hydroxylation is 1. The number of amides is 1. The number of esters is 1. The summed E-state index contributed by atoms with van der Waals surface area (Å²) < 4.78 is 9.63. The van der Waals surface area contributed by atoms with Crippen molar-refractivity contribution in [2.24, 2.45) is 0 Å². The van der Waals surface area contributed by atoms with Gasteiger partial charge in [0.15, 0.2) is 0 Å². The van der Waals surface area contributed by atoms with Crippen molar-refractivity contribution in [2.45, 2.75) is 25.7 Å². The number of nitrogens with zero attached hydrogens (tertiary/aromatic N) is 2. The number of carbonyl (C=O) groups excluding carboxylic acids is 2. The SMILES string of the molecule is COC(=O)CCCNC(=O)CCc1nc(-c2ccsc2)no1.